The molecule has 1 aromatic carbocycles. The minimum Gasteiger partial charge on any atom is -0.497 e. The Hall–Kier alpha value is -1.02. The van der Waals surface area contributed by atoms with Gasteiger partial charge in [-0.3, -0.25) is 0 Å². The van der Waals surface area contributed by atoms with Crippen molar-refractivity contribution < 1.29 is 4.74 Å². The summed E-state index contributed by atoms with van der Waals surface area (Å²) in [7, 11) is 0.297. The predicted octanol–water partition coefficient (Wildman–Crippen LogP) is 4.72. The van der Waals surface area contributed by atoms with Gasteiger partial charge >= 0.3 is 0 Å². The first-order chi connectivity index (χ1) is 7.78. The lowest BCUT2D eigenvalue weighted by Crippen LogP contribution is -2.35. The van der Waals surface area contributed by atoms with Crippen molar-refractivity contribution in [3.05, 3.63) is 41.6 Å². The van der Waals surface area contributed by atoms with Crippen LogP contribution >= 0.6 is 0 Å². The maximum Gasteiger partial charge on any atom is 0.118 e. The molecule has 0 aliphatic rings. The molecule has 17 heavy (non-hydrogen) atoms. The van der Waals surface area contributed by atoms with Crippen molar-refractivity contribution in [2.75, 3.05) is 7.11 Å². The van der Waals surface area contributed by atoms with E-state index < -0.39 is 8.07 Å². The lowest BCUT2D eigenvalue weighted by molar-refractivity contribution is 0.370. The minimum absolute atomic E-state index is 0.339. The lowest BCUT2D eigenvalue weighted by atomic mass is 10.2. The summed E-state index contributed by atoms with van der Waals surface area (Å²) in [4.78, 5) is 0. The van der Waals surface area contributed by atoms with Crippen molar-refractivity contribution in [3.8, 4) is 0 Å². The average Bonchev–Trinajstić information content (AvgIpc) is 2.25. The number of hydrogen-bond acceptors (Lipinski definition) is 1. The van der Waals surface area contributed by atoms with Crippen molar-refractivity contribution in [2.45, 2.75) is 38.9 Å². The number of rotatable bonds is 3. The first-order valence-corrected chi connectivity index (χ1v) is 9.18. The van der Waals surface area contributed by atoms with Crippen LogP contribution in [0.4, 0.5) is 0 Å². The largest absolute Gasteiger partial charge is 0.497 e. The molecule has 94 valence electrons. The molecule has 1 aromatic rings. The van der Waals surface area contributed by atoms with Gasteiger partial charge in [0.25, 0.3) is 0 Å². The highest BCUT2D eigenvalue weighted by Crippen LogP contribution is 2.38. The van der Waals surface area contributed by atoms with Gasteiger partial charge in [-0.15, -0.1) is 0 Å². The zero-order valence-electron chi connectivity index (χ0n) is 11.9. The molecular weight excluding hydrogens is 224 g/mol. The van der Waals surface area contributed by atoms with Gasteiger partial charge in [-0.05, 0) is 5.04 Å². The third-order valence-corrected chi connectivity index (χ3v) is 8.55. The summed E-state index contributed by atoms with van der Waals surface area (Å²) in [6.07, 6.45) is 0. The Morgan fingerprint density at radius 3 is 2.06 bits per heavy atom. The Bertz CT molecular complexity index is 385. The fourth-order valence-corrected chi connectivity index (χ4v) is 2.78. The molecule has 0 fully saturated rings. The third kappa shape index (κ3) is 3.47. The van der Waals surface area contributed by atoms with Gasteiger partial charge in [-0.1, -0.05) is 69.9 Å². The van der Waals surface area contributed by atoms with E-state index in [9.17, 15) is 0 Å². The van der Waals surface area contributed by atoms with Gasteiger partial charge in [-0.2, -0.15) is 0 Å². The van der Waals surface area contributed by atoms with Crippen molar-refractivity contribution in [1.82, 2.24) is 0 Å². The van der Waals surface area contributed by atoms with Gasteiger partial charge in [-0.25, -0.2) is 0 Å². The van der Waals surface area contributed by atoms with E-state index in [2.05, 4.69) is 51.7 Å². The van der Waals surface area contributed by atoms with E-state index in [1.165, 1.54) is 5.56 Å². The maximum atomic E-state index is 5.56. The number of ether oxygens (including phenoxy) is 1. The van der Waals surface area contributed by atoms with E-state index in [1.54, 1.807) is 7.11 Å². The molecule has 0 saturated heterocycles. The average molecular weight is 248 g/mol. The van der Waals surface area contributed by atoms with Crippen LogP contribution in [0.2, 0.25) is 18.1 Å². The molecule has 0 spiro atoms. The molecule has 1 nitrogen and oxygen atoms in total. The van der Waals surface area contributed by atoms with E-state index in [1.807, 2.05) is 18.2 Å². The summed E-state index contributed by atoms with van der Waals surface area (Å²) in [5.74, 6) is 1.01. The van der Waals surface area contributed by atoms with Crippen LogP contribution in [0.3, 0.4) is 0 Å². The van der Waals surface area contributed by atoms with Crippen molar-refractivity contribution in [1.29, 1.82) is 0 Å². The molecule has 0 unspecified atom stereocenters. The standard InChI is InChI=1S/C15H24OSi/c1-15(2,3)17(5,6)12-14(16-4)13-10-8-7-9-11-13/h7-12H,1-6H3/b14-12+. The molecule has 0 bridgehead atoms. The smallest absolute Gasteiger partial charge is 0.118 e. The van der Waals surface area contributed by atoms with E-state index in [0.29, 0.717) is 5.04 Å². The first-order valence-electron chi connectivity index (χ1n) is 6.10. The molecule has 0 amide bonds. The first kappa shape index (κ1) is 14.0. The van der Waals surface area contributed by atoms with Crippen LogP contribution in [0.15, 0.2) is 36.0 Å². The molecule has 0 N–H and O–H groups in total. The third-order valence-electron chi connectivity index (χ3n) is 3.70. The van der Waals surface area contributed by atoms with Gasteiger partial charge in [0.2, 0.25) is 0 Å². The summed E-state index contributed by atoms with van der Waals surface area (Å²) >= 11 is 0. The molecule has 0 atom stereocenters. The van der Waals surface area contributed by atoms with Gasteiger partial charge in [0, 0.05) is 5.56 Å². The molecule has 0 saturated carbocycles. The van der Waals surface area contributed by atoms with Crippen LogP contribution in [0.1, 0.15) is 26.3 Å². The van der Waals surface area contributed by atoms with Crippen molar-refractivity contribution in [2.24, 2.45) is 0 Å². The summed E-state index contributed by atoms with van der Waals surface area (Å²) < 4.78 is 5.56. The van der Waals surface area contributed by atoms with Crippen molar-refractivity contribution >= 4 is 13.8 Å². The molecule has 0 heterocycles. The van der Waals surface area contributed by atoms with Gasteiger partial charge in [0.05, 0.1) is 15.2 Å². The van der Waals surface area contributed by atoms with E-state index in [-0.39, 0.29) is 0 Å². The second-order valence-corrected chi connectivity index (χ2v) is 11.3. The molecule has 2 heteroatoms. The minimum atomic E-state index is -1.46. The van der Waals surface area contributed by atoms with Crippen LogP contribution in [0.25, 0.3) is 5.76 Å². The molecule has 0 aliphatic carbocycles. The van der Waals surface area contributed by atoms with Crippen LogP contribution in [0, 0.1) is 0 Å². The topological polar surface area (TPSA) is 9.23 Å². The highest BCUT2D eigenvalue weighted by molar-refractivity contribution is 6.85. The fraction of sp³-hybridized carbons (Fsp3) is 0.467. The van der Waals surface area contributed by atoms with Crippen molar-refractivity contribution in [3.63, 3.8) is 0 Å². The van der Waals surface area contributed by atoms with Gasteiger partial charge in [0.15, 0.2) is 0 Å². The van der Waals surface area contributed by atoms with Crippen LogP contribution in [-0.4, -0.2) is 15.2 Å². The van der Waals surface area contributed by atoms with Crippen LogP contribution in [-0.2, 0) is 4.74 Å². The summed E-state index contributed by atoms with van der Waals surface area (Å²) in [5.41, 5.74) is 3.53. The highest BCUT2D eigenvalue weighted by Gasteiger charge is 2.33. The Morgan fingerprint density at radius 1 is 1.12 bits per heavy atom. The van der Waals surface area contributed by atoms with E-state index in [4.69, 9.17) is 4.74 Å². The SMILES string of the molecule is CO/C(=C/[Si](C)(C)C(C)(C)C)c1ccccc1. The van der Waals surface area contributed by atoms with Gasteiger partial charge in [0.1, 0.15) is 5.76 Å². The van der Waals surface area contributed by atoms with E-state index >= 15 is 0 Å². The Kier molecular flexibility index (Phi) is 4.20. The normalized spacial score (nSPS) is 13.6. The maximum absolute atomic E-state index is 5.56. The quantitative estimate of drug-likeness (QED) is 0.555. The number of hydrogen-bond donors (Lipinski definition) is 0. The summed E-state index contributed by atoms with van der Waals surface area (Å²) in [6.45, 7) is 11.7. The summed E-state index contributed by atoms with van der Waals surface area (Å²) in [6, 6.07) is 10.3. The van der Waals surface area contributed by atoms with Gasteiger partial charge < -0.3 is 4.74 Å². The lowest BCUT2D eigenvalue weighted by Gasteiger charge is -2.34. The predicted molar refractivity (Wildman–Crippen MR) is 78.6 cm³/mol. The molecular formula is C15H24OSi. The Labute approximate surface area is 107 Å². The monoisotopic (exact) mass is 248 g/mol. The van der Waals surface area contributed by atoms with Crippen LogP contribution < -0.4 is 0 Å². The zero-order valence-corrected chi connectivity index (χ0v) is 12.9. The zero-order chi connectivity index (χ0) is 13.1. The molecule has 0 radical (unpaired) electrons. The second kappa shape index (κ2) is 5.09. The van der Waals surface area contributed by atoms with Crippen LogP contribution in [0.5, 0.6) is 0 Å². The summed E-state index contributed by atoms with van der Waals surface area (Å²) in [5, 5.41) is 0.339. The van der Waals surface area contributed by atoms with E-state index in [0.717, 1.165) is 5.76 Å². The molecule has 0 aliphatic heterocycles. The number of methoxy groups -OCH3 is 1. The molecule has 1 rings (SSSR count). The molecule has 0 aromatic heterocycles. The fourth-order valence-electron chi connectivity index (χ4n) is 1.41. The Balaban J connectivity index is 3.12. The highest BCUT2D eigenvalue weighted by atomic mass is 28.3. The Morgan fingerprint density at radius 2 is 1.65 bits per heavy atom. The number of benzene rings is 1. The second-order valence-electron chi connectivity index (χ2n) is 6.05.